The molecule has 7 heteroatoms. The summed E-state index contributed by atoms with van der Waals surface area (Å²) in [5.74, 6) is 0.688. The normalized spacial score (nSPS) is 19.8. The van der Waals surface area contributed by atoms with Gasteiger partial charge in [-0.05, 0) is 34.5 Å². The van der Waals surface area contributed by atoms with Gasteiger partial charge in [-0.1, -0.05) is 18.2 Å². The quantitative estimate of drug-likeness (QED) is 0.794. The van der Waals surface area contributed by atoms with Crippen LogP contribution in [0.4, 0.5) is 5.69 Å². The molecule has 3 aliphatic rings. The van der Waals surface area contributed by atoms with Gasteiger partial charge >= 0.3 is 0 Å². The smallest absolute Gasteiger partial charge is 0.250 e. The zero-order valence-corrected chi connectivity index (χ0v) is 14.2. The van der Waals surface area contributed by atoms with Crippen molar-refractivity contribution in [2.24, 2.45) is 10.8 Å². The number of amidine groups is 1. The third-order valence-electron chi connectivity index (χ3n) is 4.84. The SMILES string of the molecule is NC(=O)c1cccc2c1-n1cc(Br)c3c1C(CC=C3)C1=NNCN12. The molecule has 1 atom stereocenters. The van der Waals surface area contributed by atoms with Crippen LogP contribution in [0.15, 0.2) is 40.0 Å². The van der Waals surface area contributed by atoms with Crippen LogP contribution in [0.25, 0.3) is 11.8 Å². The number of nitrogens with zero attached hydrogens (tertiary/aromatic N) is 3. The molecular weight excluding hydrogens is 370 g/mol. The van der Waals surface area contributed by atoms with Crippen LogP contribution >= 0.6 is 15.9 Å². The van der Waals surface area contributed by atoms with Crippen molar-refractivity contribution in [3.05, 3.63) is 51.8 Å². The first kappa shape index (κ1) is 13.9. The second-order valence-electron chi connectivity index (χ2n) is 6.09. The number of halogens is 1. The molecule has 2 aromatic rings. The van der Waals surface area contributed by atoms with Gasteiger partial charge in [0, 0.05) is 21.9 Å². The third-order valence-corrected chi connectivity index (χ3v) is 5.48. The summed E-state index contributed by atoms with van der Waals surface area (Å²) in [4.78, 5) is 14.2. The summed E-state index contributed by atoms with van der Waals surface area (Å²) < 4.78 is 3.10. The van der Waals surface area contributed by atoms with Gasteiger partial charge in [-0.25, -0.2) is 0 Å². The van der Waals surface area contributed by atoms with Crippen LogP contribution in [0.5, 0.6) is 0 Å². The Hall–Kier alpha value is -2.54. The minimum Gasteiger partial charge on any atom is -0.366 e. The van der Waals surface area contributed by atoms with Crippen LogP contribution in [0, 0.1) is 0 Å². The lowest BCUT2D eigenvalue weighted by atomic mass is 9.91. The first-order valence-corrected chi connectivity index (χ1v) is 8.54. The van der Waals surface area contributed by atoms with Crippen molar-refractivity contribution in [3.8, 4) is 5.69 Å². The van der Waals surface area contributed by atoms with Crippen LogP contribution < -0.4 is 16.1 Å². The van der Waals surface area contributed by atoms with E-state index in [2.05, 4.69) is 48.1 Å². The van der Waals surface area contributed by atoms with Crippen LogP contribution in [-0.2, 0) is 0 Å². The highest BCUT2D eigenvalue weighted by Crippen LogP contribution is 2.45. The van der Waals surface area contributed by atoms with E-state index in [1.807, 2.05) is 18.3 Å². The number of hydrogen-bond donors (Lipinski definition) is 2. The van der Waals surface area contributed by atoms with Gasteiger partial charge in [-0.2, -0.15) is 5.10 Å². The summed E-state index contributed by atoms with van der Waals surface area (Å²) in [7, 11) is 0. The molecule has 2 aliphatic heterocycles. The number of rotatable bonds is 1. The first-order valence-electron chi connectivity index (χ1n) is 7.75. The van der Waals surface area contributed by atoms with Gasteiger partial charge in [0.25, 0.3) is 5.91 Å². The molecule has 0 saturated carbocycles. The Kier molecular flexibility index (Phi) is 2.73. The maximum absolute atomic E-state index is 12.1. The van der Waals surface area contributed by atoms with Gasteiger partial charge in [0.05, 0.1) is 22.9 Å². The fourth-order valence-electron chi connectivity index (χ4n) is 3.88. The number of fused-ring (bicyclic) bond motifs is 5. The number of benzene rings is 1. The Morgan fingerprint density at radius 2 is 2.29 bits per heavy atom. The Morgan fingerprint density at radius 3 is 3.12 bits per heavy atom. The predicted molar refractivity (Wildman–Crippen MR) is 96.3 cm³/mol. The van der Waals surface area contributed by atoms with Crippen LogP contribution in [0.2, 0.25) is 0 Å². The van der Waals surface area contributed by atoms with Crippen molar-refractivity contribution in [1.29, 1.82) is 0 Å². The molecule has 0 spiro atoms. The van der Waals surface area contributed by atoms with E-state index >= 15 is 0 Å². The second-order valence-corrected chi connectivity index (χ2v) is 6.94. The van der Waals surface area contributed by atoms with E-state index < -0.39 is 5.91 Å². The minimum absolute atomic E-state index is 0.138. The standard InChI is InChI=1S/C17H14BrN5O/c18-12-7-22-14-9(12)3-1-5-11(14)17-21-20-8-23(17)13-6-2-4-10(15(13)22)16(19)24/h1-4,6-7,11,20H,5,8H2,(H2,19,24). The van der Waals surface area contributed by atoms with Crippen LogP contribution in [0.1, 0.15) is 34.0 Å². The molecule has 1 aromatic carbocycles. The van der Waals surface area contributed by atoms with E-state index in [0.29, 0.717) is 12.2 Å². The lowest BCUT2D eigenvalue weighted by molar-refractivity contribution is 0.100. The number of carbonyl (C=O) groups excluding carboxylic acids is 1. The number of carbonyl (C=O) groups is 1. The molecule has 0 saturated heterocycles. The Labute approximate surface area is 146 Å². The molecular formula is C17H14BrN5O. The number of allylic oxidation sites excluding steroid dienone is 1. The maximum atomic E-state index is 12.1. The maximum Gasteiger partial charge on any atom is 0.250 e. The summed E-state index contributed by atoms with van der Waals surface area (Å²) in [5, 5.41) is 4.54. The fraction of sp³-hybridized carbons (Fsp3) is 0.176. The molecule has 5 rings (SSSR count). The monoisotopic (exact) mass is 383 g/mol. The van der Waals surface area contributed by atoms with Crippen molar-refractivity contribution < 1.29 is 4.79 Å². The Morgan fingerprint density at radius 1 is 1.42 bits per heavy atom. The summed E-state index contributed by atoms with van der Waals surface area (Å²) >= 11 is 3.65. The van der Waals surface area contributed by atoms with Crippen molar-refractivity contribution in [3.63, 3.8) is 0 Å². The van der Waals surface area contributed by atoms with E-state index in [-0.39, 0.29) is 5.92 Å². The molecule has 1 amide bonds. The molecule has 6 nitrogen and oxygen atoms in total. The van der Waals surface area contributed by atoms with Gasteiger partial charge in [-0.15, -0.1) is 0 Å². The van der Waals surface area contributed by atoms with Crippen molar-refractivity contribution in [1.82, 2.24) is 9.99 Å². The molecule has 1 unspecified atom stereocenters. The van der Waals surface area contributed by atoms with E-state index in [0.717, 1.165) is 39.4 Å². The number of nitrogens with one attached hydrogen (secondary N) is 1. The number of amides is 1. The Bertz CT molecular complexity index is 958. The topological polar surface area (TPSA) is 75.6 Å². The number of nitrogens with two attached hydrogens (primary N) is 1. The first-order chi connectivity index (χ1) is 11.7. The lowest BCUT2D eigenvalue weighted by Crippen LogP contribution is -2.33. The summed E-state index contributed by atoms with van der Waals surface area (Å²) in [6.45, 7) is 0.589. The van der Waals surface area contributed by atoms with Gasteiger partial charge in [0.15, 0.2) is 0 Å². The number of para-hydroxylation sites is 1. The third kappa shape index (κ3) is 1.65. The van der Waals surface area contributed by atoms with Crippen LogP contribution in [0.3, 0.4) is 0 Å². The number of anilines is 1. The molecule has 120 valence electrons. The van der Waals surface area contributed by atoms with Gasteiger partial charge in [0.1, 0.15) is 12.5 Å². The largest absolute Gasteiger partial charge is 0.366 e. The molecule has 24 heavy (non-hydrogen) atoms. The highest BCUT2D eigenvalue weighted by Gasteiger charge is 2.38. The van der Waals surface area contributed by atoms with E-state index in [4.69, 9.17) is 5.73 Å². The highest BCUT2D eigenvalue weighted by atomic mass is 79.9. The zero-order chi connectivity index (χ0) is 16.4. The molecule has 1 aromatic heterocycles. The summed E-state index contributed by atoms with van der Waals surface area (Å²) in [6.07, 6.45) is 7.19. The van der Waals surface area contributed by atoms with E-state index in [1.54, 1.807) is 6.07 Å². The number of aromatic nitrogens is 1. The highest BCUT2D eigenvalue weighted by molar-refractivity contribution is 9.10. The molecule has 3 heterocycles. The Balaban J connectivity index is 1.93. The lowest BCUT2D eigenvalue weighted by Gasteiger charge is -2.24. The second kappa shape index (κ2) is 4.73. The van der Waals surface area contributed by atoms with Gasteiger partial charge < -0.3 is 15.2 Å². The van der Waals surface area contributed by atoms with Gasteiger partial charge in [-0.3, -0.25) is 10.2 Å². The molecule has 0 radical (unpaired) electrons. The zero-order valence-electron chi connectivity index (χ0n) is 12.7. The fourth-order valence-corrected chi connectivity index (χ4v) is 4.42. The average Bonchev–Trinajstić information content (AvgIpc) is 3.16. The van der Waals surface area contributed by atoms with Crippen molar-refractivity contribution >= 4 is 39.4 Å². The minimum atomic E-state index is -0.430. The number of hydrazone groups is 1. The number of hydrogen-bond acceptors (Lipinski definition) is 4. The average molecular weight is 384 g/mol. The predicted octanol–water partition coefficient (Wildman–Crippen LogP) is 2.53. The van der Waals surface area contributed by atoms with Crippen molar-refractivity contribution in [2.75, 3.05) is 11.6 Å². The number of primary amides is 1. The molecule has 1 aliphatic carbocycles. The van der Waals surface area contributed by atoms with Crippen molar-refractivity contribution in [2.45, 2.75) is 12.3 Å². The molecule has 3 N–H and O–H groups in total. The summed E-state index contributed by atoms with van der Waals surface area (Å²) in [6, 6.07) is 5.66. The van der Waals surface area contributed by atoms with Gasteiger partial charge in [0.2, 0.25) is 0 Å². The van der Waals surface area contributed by atoms with E-state index in [9.17, 15) is 4.79 Å². The van der Waals surface area contributed by atoms with Crippen LogP contribution in [-0.4, -0.2) is 23.0 Å². The molecule has 0 bridgehead atoms. The van der Waals surface area contributed by atoms with E-state index in [1.165, 1.54) is 0 Å². The molecule has 0 fully saturated rings. The summed E-state index contributed by atoms with van der Waals surface area (Å²) in [5.41, 5.74) is 13.3.